The molecule has 0 saturated heterocycles. The minimum Gasteiger partial charge on any atom is -0.480 e. The zero-order valence-corrected chi connectivity index (χ0v) is 12.0. The molecule has 0 bridgehead atoms. The number of hydrogen-bond donors (Lipinski definition) is 2. The highest BCUT2D eigenvalue weighted by Gasteiger charge is 2.18. The molecule has 2 N–H and O–H groups in total. The van der Waals surface area contributed by atoms with Gasteiger partial charge in [-0.15, -0.1) is 0 Å². The molecular formula is C13H17BrFNO2. The summed E-state index contributed by atoms with van der Waals surface area (Å²) >= 11 is 3.18. The van der Waals surface area contributed by atoms with Crippen molar-refractivity contribution in [2.24, 2.45) is 5.92 Å². The lowest BCUT2D eigenvalue weighted by Crippen LogP contribution is -2.37. The summed E-state index contributed by atoms with van der Waals surface area (Å²) in [7, 11) is 0. The van der Waals surface area contributed by atoms with Crippen LogP contribution in [-0.4, -0.2) is 17.1 Å². The third-order valence-corrected chi connectivity index (χ3v) is 3.05. The molecule has 0 spiro atoms. The Kier molecular flexibility index (Phi) is 5.75. The molecule has 1 rings (SSSR count). The summed E-state index contributed by atoms with van der Waals surface area (Å²) in [5.74, 6) is -0.972. The molecule has 0 unspecified atom stereocenters. The van der Waals surface area contributed by atoms with Crippen LogP contribution in [0.25, 0.3) is 0 Å². The monoisotopic (exact) mass is 317 g/mol. The highest BCUT2D eigenvalue weighted by Crippen LogP contribution is 2.15. The van der Waals surface area contributed by atoms with Crippen molar-refractivity contribution in [3.8, 4) is 0 Å². The van der Waals surface area contributed by atoms with E-state index in [1.165, 1.54) is 6.07 Å². The smallest absolute Gasteiger partial charge is 0.320 e. The number of halogens is 2. The number of rotatable bonds is 6. The first-order valence-corrected chi connectivity index (χ1v) is 6.59. The molecule has 0 heterocycles. The van der Waals surface area contributed by atoms with Gasteiger partial charge in [-0.25, -0.2) is 4.39 Å². The zero-order chi connectivity index (χ0) is 13.7. The van der Waals surface area contributed by atoms with E-state index in [1.807, 2.05) is 13.8 Å². The lowest BCUT2D eigenvalue weighted by Gasteiger charge is -2.16. The van der Waals surface area contributed by atoms with Crippen LogP contribution in [0, 0.1) is 11.7 Å². The number of carbonyl (C=O) groups is 1. The van der Waals surface area contributed by atoms with Crippen molar-refractivity contribution in [3.05, 3.63) is 34.1 Å². The van der Waals surface area contributed by atoms with E-state index >= 15 is 0 Å². The predicted molar refractivity (Wildman–Crippen MR) is 71.8 cm³/mol. The van der Waals surface area contributed by atoms with Crippen LogP contribution in [0.2, 0.25) is 0 Å². The molecule has 5 heteroatoms. The molecule has 0 aliphatic heterocycles. The fraction of sp³-hybridized carbons (Fsp3) is 0.462. The van der Waals surface area contributed by atoms with Crippen LogP contribution >= 0.6 is 15.9 Å². The van der Waals surface area contributed by atoms with E-state index in [4.69, 9.17) is 5.11 Å². The van der Waals surface area contributed by atoms with Crippen LogP contribution in [0.1, 0.15) is 25.8 Å². The molecule has 1 aromatic rings. The SMILES string of the molecule is CC(C)C[C@H](NCc1ccc(Br)cc1F)C(=O)O. The Morgan fingerprint density at radius 2 is 2.17 bits per heavy atom. The van der Waals surface area contributed by atoms with Gasteiger partial charge in [0.25, 0.3) is 0 Å². The van der Waals surface area contributed by atoms with Crippen molar-refractivity contribution in [2.75, 3.05) is 0 Å². The van der Waals surface area contributed by atoms with E-state index in [1.54, 1.807) is 12.1 Å². The molecule has 0 radical (unpaired) electrons. The van der Waals surface area contributed by atoms with Gasteiger partial charge in [0.15, 0.2) is 0 Å². The molecule has 1 atom stereocenters. The standard InChI is InChI=1S/C13H17BrFNO2/c1-8(2)5-12(13(17)18)16-7-9-3-4-10(14)6-11(9)15/h3-4,6,8,12,16H,5,7H2,1-2H3,(H,17,18)/t12-/m0/s1. The molecule has 0 amide bonds. The van der Waals surface area contributed by atoms with Crippen LogP contribution < -0.4 is 5.32 Å². The average Bonchev–Trinajstić information content (AvgIpc) is 2.25. The minimum atomic E-state index is -0.902. The maximum absolute atomic E-state index is 13.5. The predicted octanol–water partition coefficient (Wildman–Crippen LogP) is 3.18. The summed E-state index contributed by atoms with van der Waals surface area (Å²) in [4.78, 5) is 11.0. The molecule has 3 nitrogen and oxygen atoms in total. The third kappa shape index (κ3) is 4.74. The Morgan fingerprint density at radius 1 is 1.50 bits per heavy atom. The number of carboxylic acid groups (broad SMARTS) is 1. The van der Waals surface area contributed by atoms with E-state index in [0.29, 0.717) is 16.5 Å². The Balaban J connectivity index is 2.64. The summed E-state index contributed by atoms with van der Waals surface area (Å²) in [5, 5.41) is 11.9. The van der Waals surface area contributed by atoms with Crippen molar-refractivity contribution < 1.29 is 14.3 Å². The molecule has 18 heavy (non-hydrogen) atoms. The number of aliphatic carboxylic acids is 1. The van der Waals surface area contributed by atoms with Gasteiger partial charge in [0.05, 0.1) is 0 Å². The van der Waals surface area contributed by atoms with Crippen LogP contribution in [0.3, 0.4) is 0 Å². The van der Waals surface area contributed by atoms with Crippen LogP contribution in [0.4, 0.5) is 4.39 Å². The molecule has 100 valence electrons. The van der Waals surface area contributed by atoms with Gasteiger partial charge < -0.3 is 10.4 Å². The van der Waals surface area contributed by atoms with Gasteiger partial charge in [-0.05, 0) is 24.5 Å². The van der Waals surface area contributed by atoms with Gasteiger partial charge >= 0.3 is 5.97 Å². The summed E-state index contributed by atoms with van der Waals surface area (Å²) in [6, 6.07) is 4.10. The second-order valence-electron chi connectivity index (χ2n) is 4.64. The second-order valence-corrected chi connectivity index (χ2v) is 5.55. The van der Waals surface area contributed by atoms with Gasteiger partial charge in [0, 0.05) is 16.6 Å². The first-order valence-electron chi connectivity index (χ1n) is 5.80. The molecular weight excluding hydrogens is 301 g/mol. The summed E-state index contributed by atoms with van der Waals surface area (Å²) in [5.41, 5.74) is 0.466. The molecule has 0 saturated carbocycles. The van der Waals surface area contributed by atoms with Crippen molar-refractivity contribution in [3.63, 3.8) is 0 Å². The Morgan fingerprint density at radius 3 is 2.67 bits per heavy atom. The average molecular weight is 318 g/mol. The lowest BCUT2D eigenvalue weighted by molar-refractivity contribution is -0.140. The summed E-state index contributed by atoms with van der Waals surface area (Å²) < 4.78 is 14.2. The normalized spacial score (nSPS) is 12.7. The summed E-state index contributed by atoms with van der Waals surface area (Å²) in [6.07, 6.45) is 0.521. The van der Waals surface area contributed by atoms with Gasteiger partial charge in [0.2, 0.25) is 0 Å². The van der Waals surface area contributed by atoms with E-state index in [2.05, 4.69) is 21.2 Å². The van der Waals surface area contributed by atoms with Crippen molar-refractivity contribution in [1.82, 2.24) is 5.32 Å². The number of carboxylic acids is 1. The number of nitrogens with one attached hydrogen (secondary N) is 1. The maximum atomic E-state index is 13.5. The first-order chi connectivity index (χ1) is 8.40. The molecule has 0 fully saturated rings. The molecule has 1 aromatic carbocycles. The van der Waals surface area contributed by atoms with Gasteiger partial charge in [-0.3, -0.25) is 4.79 Å². The highest BCUT2D eigenvalue weighted by molar-refractivity contribution is 9.10. The Labute approximate surface area is 115 Å². The van der Waals surface area contributed by atoms with Crippen LogP contribution in [0.15, 0.2) is 22.7 Å². The fourth-order valence-electron chi connectivity index (χ4n) is 1.64. The topological polar surface area (TPSA) is 49.3 Å². The number of benzene rings is 1. The first kappa shape index (κ1) is 15.1. The Bertz CT molecular complexity index is 423. The zero-order valence-electron chi connectivity index (χ0n) is 10.4. The van der Waals surface area contributed by atoms with Gasteiger partial charge in [0.1, 0.15) is 11.9 Å². The van der Waals surface area contributed by atoms with Crippen molar-refractivity contribution in [2.45, 2.75) is 32.9 Å². The number of hydrogen-bond acceptors (Lipinski definition) is 2. The summed E-state index contributed by atoms with van der Waals surface area (Å²) in [6.45, 7) is 4.12. The quantitative estimate of drug-likeness (QED) is 0.847. The van der Waals surface area contributed by atoms with Crippen molar-refractivity contribution >= 4 is 21.9 Å². The Hall–Kier alpha value is -0.940. The van der Waals surface area contributed by atoms with E-state index < -0.39 is 12.0 Å². The third-order valence-electron chi connectivity index (χ3n) is 2.56. The van der Waals surface area contributed by atoms with E-state index in [9.17, 15) is 9.18 Å². The molecule has 0 aromatic heterocycles. The van der Waals surface area contributed by atoms with Crippen LogP contribution in [0.5, 0.6) is 0 Å². The lowest BCUT2D eigenvalue weighted by atomic mass is 10.0. The highest BCUT2D eigenvalue weighted by atomic mass is 79.9. The van der Waals surface area contributed by atoms with E-state index in [0.717, 1.165) is 0 Å². The van der Waals surface area contributed by atoms with Crippen molar-refractivity contribution in [1.29, 1.82) is 0 Å². The van der Waals surface area contributed by atoms with Gasteiger partial charge in [-0.1, -0.05) is 35.8 Å². The largest absolute Gasteiger partial charge is 0.480 e. The fourth-order valence-corrected chi connectivity index (χ4v) is 1.97. The molecule has 0 aliphatic rings. The molecule has 0 aliphatic carbocycles. The maximum Gasteiger partial charge on any atom is 0.320 e. The van der Waals surface area contributed by atoms with Crippen LogP contribution in [-0.2, 0) is 11.3 Å². The van der Waals surface area contributed by atoms with Gasteiger partial charge in [-0.2, -0.15) is 0 Å². The van der Waals surface area contributed by atoms with E-state index in [-0.39, 0.29) is 18.3 Å². The second kappa shape index (κ2) is 6.85. The minimum absolute atomic E-state index is 0.211.